The van der Waals surface area contributed by atoms with E-state index in [1.165, 1.54) is 10.6 Å². The lowest BCUT2D eigenvalue weighted by Crippen LogP contribution is -2.29. The van der Waals surface area contributed by atoms with Gasteiger partial charge in [0.15, 0.2) is 0 Å². The summed E-state index contributed by atoms with van der Waals surface area (Å²) in [4.78, 5) is 43.4. The van der Waals surface area contributed by atoms with E-state index in [0.29, 0.717) is 12.2 Å². The predicted octanol–water partition coefficient (Wildman–Crippen LogP) is 0.981. The Kier molecular flexibility index (Phi) is 6.75. The second-order valence-corrected chi connectivity index (χ2v) is 5.72. The number of amides is 1. The first kappa shape index (κ1) is 21.7. The number of carboxylic acids is 1. The molecule has 0 aliphatic rings. The highest BCUT2D eigenvalue weighted by Crippen LogP contribution is 2.13. The number of nitrogens with one attached hydrogen (secondary N) is 2. The van der Waals surface area contributed by atoms with Crippen molar-refractivity contribution >= 4 is 17.5 Å². The maximum Gasteiger partial charge on any atom is 0.490 e. The minimum Gasteiger partial charge on any atom is -0.475 e. The zero-order chi connectivity index (χ0) is 21.6. The van der Waals surface area contributed by atoms with Gasteiger partial charge in [-0.15, -0.1) is 0 Å². The highest BCUT2D eigenvalue weighted by Gasteiger charge is 2.38. The number of hydrogen-bond donors (Lipinski definition) is 3. The molecule has 3 heterocycles. The van der Waals surface area contributed by atoms with Gasteiger partial charge >= 0.3 is 17.8 Å². The van der Waals surface area contributed by atoms with Crippen molar-refractivity contribution in [1.29, 1.82) is 0 Å². The van der Waals surface area contributed by atoms with E-state index in [4.69, 9.17) is 9.90 Å². The zero-order valence-corrected chi connectivity index (χ0v) is 15.1. The molecule has 0 radical (unpaired) electrons. The van der Waals surface area contributed by atoms with Crippen LogP contribution in [0.2, 0.25) is 0 Å². The summed E-state index contributed by atoms with van der Waals surface area (Å²) < 4.78 is 35.1. The van der Waals surface area contributed by atoms with E-state index < -0.39 is 12.1 Å². The molecule has 0 saturated carbocycles. The molecule has 3 aromatic rings. The van der Waals surface area contributed by atoms with E-state index >= 15 is 0 Å². The van der Waals surface area contributed by atoms with Gasteiger partial charge < -0.3 is 20.0 Å². The number of alkyl halides is 3. The highest BCUT2D eigenvalue weighted by molar-refractivity contribution is 5.92. The number of carbonyl (C=O) groups is 2. The Hall–Kier alpha value is -3.64. The van der Waals surface area contributed by atoms with Crippen molar-refractivity contribution in [1.82, 2.24) is 29.2 Å². The molecule has 0 aromatic carbocycles. The Morgan fingerprint density at radius 1 is 1.24 bits per heavy atom. The van der Waals surface area contributed by atoms with Crippen molar-refractivity contribution in [2.24, 2.45) is 0 Å². The molecular formula is C16H17F3N6O4. The number of imidazole rings is 2. The van der Waals surface area contributed by atoms with Crippen molar-refractivity contribution in [2.45, 2.75) is 26.1 Å². The third kappa shape index (κ3) is 5.92. The van der Waals surface area contributed by atoms with Crippen LogP contribution in [0, 0.1) is 6.92 Å². The SMILES string of the molecule is Cc1nccn1CCCNC(=O)c1cc2nccn2c(=O)[nH]1.O=C(O)C(F)(F)F. The summed E-state index contributed by atoms with van der Waals surface area (Å²) >= 11 is 0. The maximum atomic E-state index is 12.1. The maximum absolute atomic E-state index is 12.1. The number of nitrogens with zero attached hydrogens (tertiary/aromatic N) is 4. The quantitative estimate of drug-likeness (QED) is 0.533. The fourth-order valence-corrected chi connectivity index (χ4v) is 2.24. The topological polar surface area (TPSA) is 134 Å². The Labute approximate surface area is 161 Å². The van der Waals surface area contributed by atoms with Gasteiger partial charge in [-0.05, 0) is 13.3 Å². The number of H-pyrrole nitrogens is 1. The molecule has 0 fully saturated rings. The average Bonchev–Trinajstić information content (AvgIpc) is 3.27. The van der Waals surface area contributed by atoms with Gasteiger partial charge in [0, 0.05) is 43.9 Å². The highest BCUT2D eigenvalue weighted by atomic mass is 19.4. The van der Waals surface area contributed by atoms with E-state index in [2.05, 4.69) is 20.3 Å². The van der Waals surface area contributed by atoms with Crippen LogP contribution < -0.4 is 11.0 Å². The van der Waals surface area contributed by atoms with Crippen molar-refractivity contribution in [3.63, 3.8) is 0 Å². The first-order chi connectivity index (χ1) is 13.6. The summed E-state index contributed by atoms with van der Waals surface area (Å²) in [5, 5.41) is 9.91. The van der Waals surface area contributed by atoms with Crippen molar-refractivity contribution in [3.8, 4) is 0 Å². The first-order valence-electron chi connectivity index (χ1n) is 8.22. The third-order valence-electron chi connectivity index (χ3n) is 3.68. The molecule has 0 bridgehead atoms. The van der Waals surface area contributed by atoms with Gasteiger partial charge in [-0.3, -0.25) is 9.20 Å². The van der Waals surface area contributed by atoms with Crippen LogP contribution in [0.15, 0.2) is 35.6 Å². The van der Waals surface area contributed by atoms with Gasteiger partial charge in [-0.25, -0.2) is 19.6 Å². The van der Waals surface area contributed by atoms with Gasteiger partial charge in [0.25, 0.3) is 5.91 Å². The minimum absolute atomic E-state index is 0.211. The standard InChI is InChI=1S/C14H16N6O2.C2HF3O2/c1-10-15-4-7-19(10)6-2-3-17-13(21)11-9-12-16-5-8-20(12)14(22)18-11;3-2(4,5)1(6)7/h4-5,7-9H,2-3,6H2,1H3,(H,17,21)(H,18,22);(H,6,7). The fourth-order valence-electron chi connectivity index (χ4n) is 2.24. The molecule has 0 aliphatic heterocycles. The molecule has 0 aliphatic carbocycles. The lowest BCUT2D eigenvalue weighted by atomic mass is 10.3. The molecule has 0 saturated heterocycles. The number of aromatic amines is 1. The van der Waals surface area contributed by atoms with Gasteiger partial charge in [0.1, 0.15) is 17.2 Å². The first-order valence-corrected chi connectivity index (χ1v) is 8.22. The van der Waals surface area contributed by atoms with Crippen LogP contribution in [0.5, 0.6) is 0 Å². The van der Waals surface area contributed by atoms with Crippen molar-refractivity contribution in [3.05, 3.63) is 52.9 Å². The van der Waals surface area contributed by atoms with Crippen LogP contribution in [0.1, 0.15) is 22.7 Å². The number of fused-ring (bicyclic) bond motifs is 1. The number of rotatable bonds is 5. The molecule has 0 atom stereocenters. The Bertz CT molecular complexity index is 1050. The van der Waals surface area contributed by atoms with Crippen LogP contribution in [0.4, 0.5) is 13.2 Å². The summed E-state index contributed by atoms with van der Waals surface area (Å²) in [5.74, 6) is -2.13. The summed E-state index contributed by atoms with van der Waals surface area (Å²) in [6, 6.07) is 1.55. The molecule has 0 unspecified atom stereocenters. The smallest absolute Gasteiger partial charge is 0.475 e. The van der Waals surface area contributed by atoms with E-state index in [1.807, 2.05) is 17.7 Å². The molecule has 10 nitrogen and oxygen atoms in total. The second kappa shape index (κ2) is 9.03. The fraction of sp³-hybridized carbons (Fsp3) is 0.312. The zero-order valence-electron chi connectivity index (χ0n) is 15.1. The normalized spacial score (nSPS) is 11.0. The van der Waals surface area contributed by atoms with Crippen LogP contribution in [0.25, 0.3) is 5.65 Å². The monoisotopic (exact) mass is 414 g/mol. The Morgan fingerprint density at radius 3 is 2.48 bits per heavy atom. The lowest BCUT2D eigenvalue weighted by molar-refractivity contribution is -0.192. The molecule has 0 spiro atoms. The Morgan fingerprint density at radius 2 is 1.90 bits per heavy atom. The number of aromatic nitrogens is 5. The third-order valence-corrected chi connectivity index (χ3v) is 3.68. The molecule has 3 rings (SSSR count). The second-order valence-electron chi connectivity index (χ2n) is 5.72. The van der Waals surface area contributed by atoms with Crippen LogP contribution in [0.3, 0.4) is 0 Å². The van der Waals surface area contributed by atoms with E-state index in [9.17, 15) is 22.8 Å². The van der Waals surface area contributed by atoms with Crippen molar-refractivity contribution in [2.75, 3.05) is 6.54 Å². The molecule has 3 N–H and O–H groups in total. The van der Waals surface area contributed by atoms with E-state index in [-0.39, 0.29) is 17.3 Å². The van der Waals surface area contributed by atoms with E-state index in [0.717, 1.165) is 18.8 Å². The van der Waals surface area contributed by atoms with E-state index in [1.54, 1.807) is 18.5 Å². The van der Waals surface area contributed by atoms with Gasteiger partial charge in [0.2, 0.25) is 0 Å². The lowest BCUT2D eigenvalue weighted by Gasteiger charge is -2.07. The number of hydrogen-bond acceptors (Lipinski definition) is 5. The Balaban J connectivity index is 0.000000370. The number of aliphatic carboxylic acids is 1. The number of carbonyl (C=O) groups excluding carboxylic acids is 1. The summed E-state index contributed by atoms with van der Waals surface area (Å²) in [5.41, 5.74) is 0.277. The molecular weight excluding hydrogens is 397 g/mol. The number of aryl methyl sites for hydroxylation is 2. The number of halogens is 3. The molecule has 29 heavy (non-hydrogen) atoms. The average molecular weight is 414 g/mol. The van der Waals surface area contributed by atoms with Crippen molar-refractivity contribution < 1.29 is 27.9 Å². The minimum atomic E-state index is -5.08. The summed E-state index contributed by atoms with van der Waals surface area (Å²) in [7, 11) is 0. The van der Waals surface area contributed by atoms with Crippen LogP contribution in [-0.2, 0) is 11.3 Å². The van der Waals surface area contributed by atoms with Crippen LogP contribution in [-0.4, -0.2) is 53.6 Å². The number of carboxylic acid groups (broad SMARTS) is 1. The summed E-state index contributed by atoms with van der Waals surface area (Å²) in [6.45, 7) is 3.23. The molecule has 13 heteroatoms. The molecule has 156 valence electrons. The summed E-state index contributed by atoms with van der Waals surface area (Å²) in [6.07, 6.45) is 2.40. The van der Waals surface area contributed by atoms with Gasteiger partial charge in [-0.1, -0.05) is 0 Å². The largest absolute Gasteiger partial charge is 0.490 e. The van der Waals surface area contributed by atoms with Crippen LogP contribution >= 0.6 is 0 Å². The molecule has 3 aromatic heterocycles. The molecule has 1 amide bonds. The van der Waals surface area contributed by atoms with Gasteiger partial charge in [-0.2, -0.15) is 13.2 Å². The predicted molar refractivity (Wildman–Crippen MR) is 93.4 cm³/mol. The van der Waals surface area contributed by atoms with Gasteiger partial charge in [0.05, 0.1) is 0 Å².